The van der Waals surface area contributed by atoms with E-state index in [1.165, 1.54) is 12.3 Å². The number of sulfone groups is 1. The molecule has 2 heterocycles. The summed E-state index contributed by atoms with van der Waals surface area (Å²) in [6, 6.07) is 6.51. The van der Waals surface area contributed by atoms with Gasteiger partial charge in [0.25, 0.3) is 0 Å². The molecule has 0 unspecified atom stereocenters. The third-order valence-corrected chi connectivity index (χ3v) is 6.04. The van der Waals surface area contributed by atoms with Crippen LogP contribution in [0.4, 0.5) is 0 Å². The fraction of sp³-hybridized carbons (Fsp3) is 0.182. The van der Waals surface area contributed by atoms with Crippen LogP contribution in [0.3, 0.4) is 0 Å². The maximum atomic E-state index is 11.9. The summed E-state index contributed by atoms with van der Waals surface area (Å²) < 4.78 is 29.8. The topological polar surface area (TPSA) is 76.4 Å². The van der Waals surface area contributed by atoms with Crippen molar-refractivity contribution in [2.75, 3.05) is 5.75 Å². The number of rotatable bonds is 5. The van der Waals surface area contributed by atoms with Gasteiger partial charge in [-0.3, -0.25) is 4.79 Å². The summed E-state index contributed by atoms with van der Waals surface area (Å²) in [5, 5.41) is 2.50. The van der Waals surface area contributed by atoms with Crippen molar-refractivity contribution in [3.8, 4) is 0 Å². The predicted molar refractivity (Wildman–Crippen MR) is 74.6 cm³/mol. The molecular formula is C11H10BrNO4S2. The van der Waals surface area contributed by atoms with Gasteiger partial charge in [0.1, 0.15) is 15.7 Å². The van der Waals surface area contributed by atoms with Gasteiger partial charge in [0.15, 0.2) is 9.84 Å². The fourth-order valence-corrected chi connectivity index (χ4v) is 4.62. The van der Waals surface area contributed by atoms with Crippen LogP contribution in [0.1, 0.15) is 5.76 Å². The Morgan fingerprint density at radius 2 is 2.16 bits per heavy atom. The van der Waals surface area contributed by atoms with E-state index in [0.29, 0.717) is 9.55 Å². The van der Waals surface area contributed by atoms with Crippen LogP contribution < -0.4 is 5.32 Å². The highest BCUT2D eigenvalue weighted by atomic mass is 79.9. The Balaban J connectivity index is 1.95. The van der Waals surface area contributed by atoms with Gasteiger partial charge in [-0.15, -0.1) is 11.3 Å². The maximum absolute atomic E-state index is 11.9. The Bertz CT molecular complexity index is 661. The smallest absolute Gasteiger partial charge is 0.235 e. The highest BCUT2D eigenvalue weighted by Gasteiger charge is 2.21. The van der Waals surface area contributed by atoms with Crippen LogP contribution in [-0.4, -0.2) is 20.1 Å². The number of amides is 1. The van der Waals surface area contributed by atoms with Crippen LogP contribution in [0.2, 0.25) is 0 Å². The van der Waals surface area contributed by atoms with Crippen molar-refractivity contribution in [2.24, 2.45) is 0 Å². The molecular weight excluding hydrogens is 354 g/mol. The number of carbonyl (C=O) groups excluding carboxylic acids is 1. The van der Waals surface area contributed by atoms with Gasteiger partial charge < -0.3 is 9.73 Å². The first-order valence-corrected chi connectivity index (χ1v) is 8.51. The van der Waals surface area contributed by atoms with E-state index in [9.17, 15) is 13.2 Å². The van der Waals surface area contributed by atoms with Crippen molar-refractivity contribution < 1.29 is 17.6 Å². The minimum absolute atomic E-state index is 0.174. The molecule has 0 radical (unpaired) electrons. The van der Waals surface area contributed by atoms with Crippen molar-refractivity contribution in [2.45, 2.75) is 10.8 Å². The zero-order valence-electron chi connectivity index (χ0n) is 9.63. The van der Waals surface area contributed by atoms with E-state index in [4.69, 9.17) is 4.42 Å². The molecule has 0 saturated heterocycles. The lowest BCUT2D eigenvalue weighted by Gasteiger charge is -2.03. The van der Waals surface area contributed by atoms with Crippen molar-refractivity contribution >= 4 is 43.0 Å². The fourth-order valence-electron chi connectivity index (χ4n) is 1.36. The van der Waals surface area contributed by atoms with Crippen LogP contribution in [-0.2, 0) is 21.2 Å². The quantitative estimate of drug-likeness (QED) is 0.883. The van der Waals surface area contributed by atoms with Crippen LogP contribution in [0.25, 0.3) is 0 Å². The van der Waals surface area contributed by atoms with E-state index in [1.54, 1.807) is 18.2 Å². The average Bonchev–Trinajstić information content (AvgIpc) is 2.96. The van der Waals surface area contributed by atoms with Crippen molar-refractivity contribution in [3.05, 3.63) is 40.1 Å². The number of hydrogen-bond acceptors (Lipinski definition) is 5. The van der Waals surface area contributed by atoms with E-state index >= 15 is 0 Å². The lowest BCUT2D eigenvalue weighted by atomic mass is 10.4. The zero-order chi connectivity index (χ0) is 13.9. The second-order valence-corrected chi connectivity index (χ2v) is 8.35. The number of carbonyl (C=O) groups is 1. The summed E-state index contributed by atoms with van der Waals surface area (Å²) >= 11 is 4.27. The highest BCUT2D eigenvalue weighted by molar-refractivity contribution is 9.11. The Hall–Kier alpha value is -1.12. The second kappa shape index (κ2) is 5.89. The predicted octanol–water partition coefficient (Wildman–Crippen LogP) is 2.19. The molecule has 0 atom stereocenters. The largest absolute Gasteiger partial charge is 0.467 e. The molecule has 0 aliphatic heterocycles. The first-order chi connectivity index (χ1) is 8.97. The van der Waals surface area contributed by atoms with Gasteiger partial charge >= 0.3 is 0 Å². The monoisotopic (exact) mass is 363 g/mol. The van der Waals surface area contributed by atoms with Gasteiger partial charge in [0.2, 0.25) is 5.91 Å². The third-order valence-electron chi connectivity index (χ3n) is 2.22. The molecule has 2 aromatic heterocycles. The van der Waals surface area contributed by atoms with Crippen molar-refractivity contribution in [1.29, 1.82) is 0 Å². The summed E-state index contributed by atoms with van der Waals surface area (Å²) in [5.74, 6) is -0.550. The van der Waals surface area contributed by atoms with Gasteiger partial charge in [-0.1, -0.05) is 0 Å². The van der Waals surface area contributed by atoms with Crippen LogP contribution in [0.5, 0.6) is 0 Å². The summed E-state index contributed by atoms with van der Waals surface area (Å²) in [4.78, 5) is 11.6. The average molecular weight is 364 g/mol. The Morgan fingerprint density at radius 1 is 1.37 bits per heavy atom. The molecule has 1 amide bonds. The molecule has 102 valence electrons. The van der Waals surface area contributed by atoms with E-state index in [-0.39, 0.29) is 10.8 Å². The molecule has 0 spiro atoms. The molecule has 8 heteroatoms. The molecule has 0 aliphatic rings. The lowest BCUT2D eigenvalue weighted by Crippen LogP contribution is -2.29. The molecule has 19 heavy (non-hydrogen) atoms. The second-order valence-electron chi connectivity index (χ2n) is 3.67. The first kappa shape index (κ1) is 14.3. The van der Waals surface area contributed by atoms with Gasteiger partial charge in [-0.05, 0) is 40.2 Å². The molecule has 0 saturated carbocycles. The summed E-state index contributed by atoms with van der Waals surface area (Å²) in [6.07, 6.45) is 1.49. The summed E-state index contributed by atoms with van der Waals surface area (Å²) in [6.45, 7) is 0.176. The SMILES string of the molecule is O=C(CS(=O)(=O)c1ccc(Br)s1)NCc1ccco1. The van der Waals surface area contributed by atoms with Gasteiger partial charge in [0, 0.05) is 0 Å². The van der Waals surface area contributed by atoms with E-state index in [2.05, 4.69) is 21.2 Å². The van der Waals surface area contributed by atoms with E-state index < -0.39 is 21.5 Å². The normalized spacial score (nSPS) is 11.4. The maximum Gasteiger partial charge on any atom is 0.235 e. The Kier molecular flexibility index (Phi) is 4.43. The van der Waals surface area contributed by atoms with E-state index in [1.807, 2.05) is 0 Å². The molecule has 0 fully saturated rings. The number of nitrogens with one attached hydrogen (secondary N) is 1. The Morgan fingerprint density at radius 3 is 2.74 bits per heavy atom. The van der Waals surface area contributed by atoms with Crippen LogP contribution in [0.15, 0.2) is 42.9 Å². The number of thiophene rings is 1. The molecule has 0 bridgehead atoms. The molecule has 0 aromatic carbocycles. The first-order valence-electron chi connectivity index (χ1n) is 5.24. The number of furan rings is 1. The zero-order valence-corrected chi connectivity index (χ0v) is 12.8. The molecule has 2 rings (SSSR count). The minimum atomic E-state index is -3.58. The van der Waals surface area contributed by atoms with Crippen LogP contribution in [0, 0.1) is 0 Å². The standard InChI is InChI=1S/C11H10BrNO4S2/c12-9-3-4-11(18-9)19(15,16)7-10(14)13-6-8-2-1-5-17-8/h1-5H,6-7H2,(H,13,14). The van der Waals surface area contributed by atoms with Gasteiger partial charge in [0.05, 0.1) is 16.6 Å². The van der Waals surface area contributed by atoms with E-state index in [0.717, 1.165) is 11.3 Å². The minimum Gasteiger partial charge on any atom is -0.467 e. The molecule has 2 aromatic rings. The Labute approximate surface area is 122 Å². The third kappa shape index (κ3) is 3.92. The molecule has 0 aliphatic carbocycles. The van der Waals surface area contributed by atoms with Gasteiger partial charge in [-0.25, -0.2) is 8.42 Å². The molecule has 1 N–H and O–H groups in total. The summed E-state index contributed by atoms with van der Waals surface area (Å²) in [5.41, 5.74) is 0. The number of halogens is 1. The summed E-state index contributed by atoms with van der Waals surface area (Å²) in [7, 11) is -3.58. The van der Waals surface area contributed by atoms with Crippen molar-refractivity contribution in [1.82, 2.24) is 5.32 Å². The van der Waals surface area contributed by atoms with Crippen LogP contribution >= 0.6 is 27.3 Å². The van der Waals surface area contributed by atoms with Crippen molar-refractivity contribution in [3.63, 3.8) is 0 Å². The number of hydrogen-bond donors (Lipinski definition) is 1. The highest BCUT2D eigenvalue weighted by Crippen LogP contribution is 2.26. The van der Waals surface area contributed by atoms with Gasteiger partial charge in [-0.2, -0.15) is 0 Å². The molecule has 5 nitrogen and oxygen atoms in total. The lowest BCUT2D eigenvalue weighted by molar-refractivity contribution is -0.118.